The lowest BCUT2D eigenvalue weighted by atomic mass is 10.4. The van der Waals surface area contributed by atoms with E-state index < -0.39 is 17.9 Å². The van der Waals surface area contributed by atoms with E-state index in [4.69, 9.17) is 5.73 Å². The minimum atomic E-state index is -4.72. The third-order valence-corrected chi connectivity index (χ3v) is 2.27. The Balaban J connectivity index is 2.45. The van der Waals surface area contributed by atoms with E-state index in [-0.39, 0.29) is 17.3 Å². The predicted molar refractivity (Wildman–Crippen MR) is 62.0 cm³/mol. The van der Waals surface area contributed by atoms with Crippen molar-refractivity contribution in [3.8, 4) is 5.82 Å². The van der Waals surface area contributed by atoms with Crippen molar-refractivity contribution in [1.29, 1.82) is 0 Å². The van der Waals surface area contributed by atoms with E-state index in [9.17, 15) is 18.0 Å². The summed E-state index contributed by atoms with van der Waals surface area (Å²) in [7, 11) is 1.41. The van der Waals surface area contributed by atoms with Gasteiger partial charge in [-0.05, 0) is 6.07 Å². The van der Waals surface area contributed by atoms with Gasteiger partial charge in [-0.25, -0.2) is 14.6 Å². The lowest BCUT2D eigenvalue weighted by Gasteiger charge is -2.08. The van der Waals surface area contributed by atoms with Crippen molar-refractivity contribution < 1.29 is 18.0 Å². The molecule has 0 saturated heterocycles. The zero-order chi connectivity index (χ0) is 14.9. The van der Waals surface area contributed by atoms with E-state index in [1.165, 1.54) is 19.3 Å². The Hall–Kier alpha value is -2.65. The SMILES string of the molecule is CNC(=O)c1ccn(-c2cc(N)nc(C(F)(F)F)n2)n1. The molecule has 2 aromatic heterocycles. The van der Waals surface area contributed by atoms with Crippen molar-refractivity contribution in [1.82, 2.24) is 25.1 Å². The quantitative estimate of drug-likeness (QED) is 0.843. The molecule has 7 nitrogen and oxygen atoms in total. The fourth-order valence-corrected chi connectivity index (χ4v) is 1.40. The topological polar surface area (TPSA) is 98.7 Å². The maximum absolute atomic E-state index is 12.6. The molecular weight excluding hydrogens is 277 g/mol. The molecule has 3 N–H and O–H groups in total. The summed E-state index contributed by atoms with van der Waals surface area (Å²) in [6.45, 7) is 0. The predicted octanol–water partition coefficient (Wildman–Crippen LogP) is 0.623. The van der Waals surface area contributed by atoms with Gasteiger partial charge in [0.15, 0.2) is 11.5 Å². The van der Waals surface area contributed by atoms with E-state index >= 15 is 0 Å². The number of nitrogens with two attached hydrogens (primary N) is 1. The summed E-state index contributed by atoms with van der Waals surface area (Å²) in [5.74, 6) is -2.37. The third kappa shape index (κ3) is 2.68. The normalized spacial score (nSPS) is 11.4. The second-order valence-corrected chi connectivity index (χ2v) is 3.70. The average Bonchev–Trinajstić information content (AvgIpc) is 2.85. The molecule has 0 aliphatic carbocycles. The summed E-state index contributed by atoms with van der Waals surface area (Å²) >= 11 is 0. The number of carbonyl (C=O) groups is 1. The van der Waals surface area contributed by atoms with Crippen LogP contribution in [0.25, 0.3) is 5.82 Å². The van der Waals surface area contributed by atoms with Crippen LogP contribution in [0.4, 0.5) is 19.0 Å². The van der Waals surface area contributed by atoms with Crippen LogP contribution >= 0.6 is 0 Å². The molecule has 1 amide bonds. The number of nitrogen functional groups attached to an aromatic ring is 1. The van der Waals surface area contributed by atoms with Crippen LogP contribution in [0.5, 0.6) is 0 Å². The Kier molecular flexibility index (Phi) is 3.30. The Morgan fingerprint density at radius 1 is 1.40 bits per heavy atom. The Morgan fingerprint density at radius 2 is 2.10 bits per heavy atom. The largest absolute Gasteiger partial charge is 0.451 e. The second-order valence-electron chi connectivity index (χ2n) is 3.70. The molecule has 0 aromatic carbocycles. The Morgan fingerprint density at radius 3 is 2.70 bits per heavy atom. The average molecular weight is 286 g/mol. The molecule has 20 heavy (non-hydrogen) atoms. The van der Waals surface area contributed by atoms with Gasteiger partial charge in [-0.3, -0.25) is 4.79 Å². The number of hydrogen-bond acceptors (Lipinski definition) is 5. The number of halogens is 3. The lowest BCUT2D eigenvalue weighted by molar-refractivity contribution is -0.144. The van der Waals surface area contributed by atoms with Crippen LogP contribution in [0.3, 0.4) is 0 Å². The van der Waals surface area contributed by atoms with E-state index in [0.717, 1.165) is 10.7 Å². The van der Waals surface area contributed by atoms with E-state index in [2.05, 4.69) is 20.4 Å². The highest BCUT2D eigenvalue weighted by Crippen LogP contribution is 2.27. The van der Waals surface area contributed by atoms with Gasteiger partial charge in [-0.15, -0.1) is 0 Å². The molecule has 2 heterocycles. The number of hydrogen-bond donors (Lipinski definition) is 2. The van der Waals surface area contributed by atoms with Crippen molar-refractivity contribution >= 4 is 11.7 Å². The molecule has 0 saturated carbocycles. The fourth-order valence-electron chi connectivity index (χ4n) is 1.40. The molecule has 0 radical (unpaired) electrons. The molecule has 2 rings (SSSR count). The van der Waals surface area contributed by atoms with Gasteiger partial charge in [0.25, 0.3) is 5.91 Å². The van der Waals surface area contributed by atoms with Crippen molar-refractivity contribution in [2.45, 2.75) is 6.18 Å². The molecule has 0 aliphatic rings. The minimum absolute atomic E-state index is 0.0400. The van der Waals surface area contributed by atoms with Gasteiger partial charge in [-0.2, -0.15) is 18.3 Å². The Bertz CT molecular complexity index is 651. The first-order valence-electron chi connectivity index (χ1n) is 5.31. The van der Waals surface area contributed by atoms with Crippen molar-refractivity contribution in [3.63, 3.8) is 0 Å². The number of nitrogens with zero attached hydrogens (tertiary/aromatic N) is 4. The van der Waals surface area contributed by atoms with Crippen LogP contribution in [0.1, 0.15) is 16.3 Å². The zero-order valence-corrected chi connectivity index (χ0v) is 10.1. The Labute approximate surface area is 110 Å². The number of rotatable bonds is 2. The first kappa shape index (κ1) is 13.8. The molecule has 0 fully saturated rings. The highest BCUT2D eigenvalue weighted by Gasteiger charge is 2.35. The summed E-state index contributed by atoms with van der Waals surface area (Å²) in [4.78, 5) is 17.8. The van der Waals surface area contributed by atoms with Crippen molar-refractivity contribution in [2.24, 2.45) is 0 Å². The third-order valence-electron chi connectivity index (χ3n) is 2.27. The molecule has 106 valence electrons. The van der Waals surface area contributed by atoms with Crippen LogP contribution in [0, 0.1) is 0 Å². The summed E-state index contributed by atoms with van der Waals surface area (Å²) in [5, 5.41) is 6.15. The van der Waals surface area contributed by atoms with Crippen LogP contribution in [-0.2, 0) is 6.18 Å². The van der Waals surface area contributed by atoms with Crippen LogP contribution < -0.4 is 11.1 Å². The number of alkyl halides is 3. The summed E-state index contributed by atoms with van der Waals surface area (Å²) in [6, 6.07) is 2.46. The fraction of sp³-hybridized carbons (Fsp3) is 0.200. The molecule has 0 atom stereocenters. The monoisotopic (exact) mass is 286 g/mol. The van der Waals surface area contributed by atoms with Gasteiger partial charge in [-0.1, -0.05) is 0 Å². The first-order valence-corrected chi connectivity index (χ1v) is 5.31. The lowest BCUT2D eigenvalue weighted by Crippen LogP contribution is -2.19. The molecular formula is C10H9F3N6O. The molecule has 2 aromatic rings. The van der Waals surface area contributed by atoms with E-state index in [1.54, 1.807) is 0 Å². The van der Waals surface area contributed by atoms with Gasteiger partial charge < -0.3 is 11.1 Å². The maximum atomic E-state index is 12.6. The number of carbonyl (C=O) groups excluding carboxylic acids is 1. The number of amides is 1. The van der Waals surface area contributed by atoms with E-state index in [1.807, 2.05) is 0 Å². The minimum Gasteiger partial charge on any atom is -0.384 e. The first-order chi connectivity index (χ1) is 9.31. The van der Waals surface area contributed by atoms with Gasteiger partial charge in [0.2, 0.25) is 5.82 Å². The molecule has 10 heteroatoms. The standard InChI is InChI=1S/C10H9F3N6O/c1-15-8(20)5-2-3-19(18-5)7-4-6(14)16-9(17-7)10(11,12)13/h2-4H,1H3,(H,15,20)(H2,14,16,17). The van der Waals surface area contributed by atoms with Crippen LogP contribution in [0.15, 0.2) is 18.3 Å². The summed E-state index contributed by atoms with van der Waals surface area (Å²) < 4.78 is 38.7. The molecule has 0 spiro atoms. The molecule has 0 aliphatic heterocycles. The van der Waals surface area contributed by atoms with Gasteiger partial charge in [0, 0.05) is 19.3 Å². The number of nitrogens with one attached hydrogen (secondary N) is 1. The van der Waals surface area contributed by atoms with Crippen LogP contribution in [-0.4, -0.2) is 32.7 Å². The summed E-state index contributed by atoms with van der Waals surface area (Å²) in [5.41, 5.74) is 5.35. The van der Waals surface area contributed by atoms with Crippen molar-refractivity contribution in [3.05, 3.63) is 29.8 Å². The van der Waals surface area contributed by atoms with Gasteiger partial charge in [0.05, 0.1) is 0 Å². The highest BCUT2D eigenvalue weighted by molar-refractivity contribution is 5.91. The number of anilines is 1. The van der Waals surface area contributed by atoms with Crippen LogP contribution in [0.2, 0.25) is 0 Å². The van der Waals surface area contributed by atoms with E-state index in [0.29, 0.717) is 0 Å². The second kappa shape index (κ2) is 4.79. The molecule has 0 unspecified atom stereocenters. The maximum Gasteiger partial charge on any atom is 0.451 e. The smallest absolute Gasteiger partial charge is 0.384 e. The van der Waals surface area contributed by atoms with Gasteiger partial charge >= 0.3 is 6.18 Å². The summed E-state index contributed by atoms with van der Waals surface area (Å²) in [6.07, 6.45) is -3.42. The number of aromatic nitrogens is 4. The zero-order valence-electron chi connectivity index (χ0n) is 10.1. The van der Waals surface area contributed by atoms with Gasteiger partial charge in [0.1, 0.15) is 5.82 Å². The van der Waals surface area contributed by atoms with Crippen molar-refractivity contribution in [2.75, 3.05) is 12.8 Å². The molecule has 0 bridgehead atoms. The highest BCUT2D eigenvalue weighted by atomic mass is 19.4.